The summed E-state index contributed by atoms with van der Waals surface area (Å²) in [5.74, 6) is 0.152. The fourth-order valence-corrected chi connectivity index (χ4v) is 3.58. The van der Waals surface area contributed by atoms with Gasteiger partial charge in [-0.05, 0) is 37.1 Å². The first-order valence-electron chi connectivity index (χ1n) is 10.1. The Morgan fingerprint density at radius 2 is 1.81 bits per heavy atom. The van der Waals surface area contributed by atoms with Crippen LogP contribution in [0, 0.1) is 0 Å². The van der Waals surface area contributed by atoms with E-state index in [1.54, 1.807) is 23.2 Å². The Morgan fingerprint density at radius 3 is 2.50 bits per heavy atom. The summed E-state index contributed by atoms with van der Waals surface area (Å²) in [6, 6.07) is 7.04. The van der Waals surface area contributed by atoms with Crippen molar-refractivity contribution in [2.24, 2.45) is 0 Å². The smallest absolute Gasteiger partial charge is 0.404 e. The fourth-order valence-electron chi connectivity index (χ4n) is 3.58. The summed E-state index contributed by atoms with van der Waals surface area (Å²) >= 11 is 0. The number of carbonyl (C=O) groups excluding carboxylic acids is 1. The second-order valence-electron chi connectivity index (χ2n) is 7.45. The number of hydrogen-bond acceptors (Lipinski definition) is 9. The molecule has 0 unspecified atom stereocenters. The van der Waals surface area contributed by atoms with Crippen molar-refractivity contribution in [3.63, 3.8) is 0 Å². The van der Waals surface area contributed by atoms with Gasteiger partial charge in [0, 0.05) is 30.4 Å². The largest absolute Gasteiger partial charge is 0.465 e. The number of nitrogens with zero attached hydrogens (tertiary/aromatic N) is 5. The molecule has 0 atom stereocenters. The Bertz CT molecular complexity index is 1150. The molecule has 3 heterocycles. The van der Waals surface area contributed by atoms with Crippen molar-refractivity contribution >= 4 is 40.6 Å². The first-order chi connectivity index (χ1) is 15.4. The number of hydrogen-bond donors (Lipinski definition) is 5. The van der Waals surface area contributed by atoms with E-state index in [9.17, 15) is 9.59 Å². The molecular formula is C20H23N9O3. The third-order valence-corrected chi connectivity index (χ3v) is 5.22. The minimum absolute atomic E-state index is 0.0473. The Morgan fingerprint density at radius 1 is 1.09 bits per heavy atom. The number of likely N-dealkylation sites (tertiary alicyclic amines) is 1. The summed E-state index contributed by atoms with van der Waals surface area (Å²) in [5.41, 5.74) is 14.2. The number of carbonyl (C=O) groups is 2. The van der Waals surface area contributed by atoms with E-state index in [0.717, 1.165) is 5.69 Å². The van der Waals surface area contributed by atoms with Crippen molar-refractivity contribution in [3.05, 3.63) is 41.7 Å². The molecule has 2 aromatic heterocycles. The van der Waals surface area contributed by atoms with Crippen LogP contribution in [-0.2, 0) is 6.54 Å². The summed E-state index contributed by atoms with van der Waals surface area (Å²) in [4.78, 5) is 41.8. The highest BCUT2D eigenvalue weighted by atomic mass is 16.4. The maximum absolute atomic E-state index is 12.7. The van der Waals surface area contributed by atoms with Gasteiger partial charge in [0.25, 0.3) is 5.91 Å². The molecular weight excluding hydrogens is 414 g/mol. The van der Waals surface area contributed by atoms with Crippen LogP contribution in [0.15, 0.2) is 30.5 Å². The quantitative estimate of drug-likeness (QED) is 0.386. The number of piperidine rings is 1. The molecule has 0 saturated carbocycles. The number of nitrogens with two attached hydrogens (primary N) is 2. The van der Waals surface area contributed by atoms with Gasteiger partial charge in [-0.3, -0.25) is 4.79 Å². The molecule has 166 valence electrons. The van der Waals surface area contributed by atoms with Crippen molar-refractivity contribution in [1.29, 1.82) is 0 Å². The van der Waals surface area contributed by atoms with Crippen LogP contribution in [-0.4, -0.2) is 61.1 Å². The van der Waals surface area contributed by atoms with Crippen LogP contribution in [0.1, 0.15) is 28.9 Å². The zero-order valence-electron chi connectivity index (χ0n) is 17.2. The van der Waals surface area contributed by atoms with Gasteiger partial charge >= 0.3 is 6.09 Å². The molecule has 1 aromatic carbocycles. The zero-order valence-corrected chi connectivity index (χ0v) is 17.2. The SMILES string of the molecule is Nc1nc(N)c2nc(CNc3ccc(C(=O)N4CCC(NC(=O)O)CC4)cc3)cnc2n1. The average Bonchev–Trinajstić information content (AvgIpc) is 2.78. The first-order valence-corrected chi connectivity index (χ1v) is 10.1. The highest BCUT2D eigenvalue weighted by Gasteiger charge is 2.24. The lowest BCUT2D eigenvalue weighted by Gasteiger charge is -2.31. The van der Waals surface area contributed by atoms with Crippen molar-refractivity contribution < 1.29 is 14.7 Å². The Kier molecular flexibility index (Phi) is 5.83. The predicted octanol–water partition coefficient (Wildman–Crippen LogP) is 1.07. The standard InChI is InChI=1S/C20H23N9O3/c21-16-15-17(28-19(22)27-16)24-10-14(25-15)9-23-12-3-1-11(2-4-12)18(30)29-7-5-13(6-8-29)26-20(31)32/h1-4,10,13,23,26H,5-9H2,(H,31,32)(H4,21,22,24,27,28). The van der Waals surface area contributed by atoms with E-state index in [-0.39, 0.29) is 23.7 Å². The maximum atomic E-state index is 12.7. The highest BCUT2D eigenvalue weighted by molar-refractivity contribution is 5.94. The van der Waals surface area contributed by atoms with E-state index in [4.69, 9.17) is 16.6 Å². The van der Waals surface area contributed by atoms with E-state index < -0.39 is 6.09 Å². The third kappa shape index (κ3) is 4.74. The van der Waals surface area contributed by atoms with Gasteiger partial charge in [0.1, 0.15) is 0 Å². The van der Waals surface area contributed by atoms with Gasteiger partial charge in [-0.25, -0.2) is 14.8 Å². The molecule has 12 nitrogen and oxygen atoms in total. The second-order valence-corrected chi connectivity index (χ2v) is 7.45. The summed E-state index contributed by atoms with van der Waals surface area (Å²) in [6.07, 6.45) is 1.76. The van der Waals surface area contributed by atoms with E-state index in [1.165, 1.54) is 0 Å². The molecule has 0 spiro atoms. The molecule has 0 radical (unpaired) electrons. The third-order valence-electron chi connectivity index (χ3n) is 5.22. The Labute approximate surface area is 183 Å². The number of anilines is 3. The topological polar surface area (TPSA) is 185 Å². The van der Waals surface area contributed by atoms with Gasteiger partial charge in [0.05, 0.1) is 18.4 Å². The van der Waals surface area contributed by atoms with Gasteiger partial charge < -0.3 is 32.1 Å². The zero-order chi connectivity index (χ0) is 22.7. The Hall–Kier alpha value is -4.22. The van der Waals surface area contributed by atoms with Crippen LogP contribution in [0.2, 0.25) is 0 Å². The lowest BCUT2D eigenvalue weighted by Crippen LogP contribution is -2.46. The predicted molar refractivity (Wildman–Crippen MR) is 118 cm³/mol. The molecule has 2 amide bonds. The van der Waals surface area contributed by atoms with Crippen molar-refractivity contribution in [2.75, 3.05) is 29.9 Å². The van der Waals surface area contributed by atoms with E-state index in [1.807, 2.05) is 12.1 Å². The second kappa shape index (κ2) is 8.88. The van der Waals surface area contributed by atoms with Crippen LogP contribution < -0.4 is 22.1 Å². The van der Waals surface area contributed by atoms with Gasteiger partial charge in [0.15, 0.2) is 17.0 Å². The molecule has 1 aliphatic heterocycles. The number of amides is 2. The van der Waals surface area contributed by atoms with Crippen LogP contribution in [0.3, 0.4) is 0 Å². The van der Waals surface area contributed by atoms with E-state index in [2.05, 4.69) is 30.6 Å². The minimum Gasteiger partial charge on any atom is -0.465 e. The molecule has 4 rings (SSSR count). The number of fused-ring (bicyclic) bond motifs is 1. The van der Waals surface area contributed by atoms with Gasteiger partial charge in [-0.2, -0.15) is 9.97 Å². The summed E-state index contributed by atoms with van der Waals surface area (Å²) in [6.45, 7) is 1.43. The monoisotopic (exact) mass is 437 g/mol. The van der Waals surface area contributed by atoms with Gasteiger partial charge in [0.2, 0.25) is 5.95 Å². The molecule has 0 aliphatic carbocycles. The van der Waals surface area contributed by atoms with Gasteiger partial charge in [-0.15, -0.1) is 0 Å². The lowest BCUT2D eigenvalue weighted by molar-refractivity contribution is 0.0706. The average molecular weight is 437 g/mol. The Balaban J connectivity index is 1.34. The first kappa shape index (κ1) is 21.0. The lowest BCUT2D eigenvalue weighted by atomic mass is 10.0. The van der Waals surface area contributed by atoms with Crippen molar-refractivity contribution in [3.8, 4) is 0 Å². The van der Waals surface area contributed by atoms with Crippen molar-refractivity contribution in [1.82, 2.24) is 30.2 Å². The molecule has 7 N–H and O–H groups in total. The highest BCUT2D eigenvalue weighted by Crippen LogP contribution is 2.18. The van der Waals surface area contributed by atoms with Crippen LogP contribution in [0.5, 0.6) is 0 Å². The number of carboxylic acid groups (broad SMARTS) is 1. The molecule has 32 heavy (non-hydrogen) atoms. The number of benzene rings is 1. The molecule has 1 fully saturated rings. The number of rotatable bonds is 5. The molecule has 3 aromatic rings. The molecule has 1 aliphatic rings. The van der Waals surface area contributed by atoms with Crippen LogP contribution in [0.4, 0.5) is 22.2 Å². The molecule has 0 bridgehead atoms. The molecule has 1 saturated heterocycles. The maximum Gasteiger partial charge on any atom is 0.404 e. The van der Waals surface area contributed by atoms with E-state index in [0.29, 0.717) is 54.9 Å². The van der Waals surface area contributed by atoms with Gasteiger partial charge in [-0.1, -0.05) is 0 Å². The van der Waals surface area contributed by atoms with E-state index >= 15 is 0 Å². The normalized spacial score (nSPS) is 14.3. The summed E-state index contributed by atoms with van der Waals surface area (Å²) in [5, 5.41) is 14.5. The number of nitrogen functional groups attached to an aromatic ring is 2. The number of aromatic nitrogens is 4. The van der Waals surface area contributed by atoms with Crippen LogP contribution in [0.25, 0.3) is 11.2 Å². The van der Waals surface area contributed by atoms with Crippen LogP contribution >= 0.6 is 0 Å². The summed E-state index contributed by atoms with van der Waals surface area (Å²) < 4.78 is 0. The fraction of sp³-hybridized carbons (Fsp3) is 0.300. The van der Waals surface area contributed by atoms with Crippen molar-refractivity contribution in [2.45, 2.75) is 25.4 Å². The molecule has 12 heteroatoms. The minimum atomic E-state index is -1.03. The summed E-state index contributed by atoms with van der Waals surface area (Å²) in [7, 11) is 0. The number of nitrogens with one attached hydrogen (secondary N) is 2.